The molecule has 0 saturated carbocycles. The van der Waals surface area contributed by atoms with Crippen molar-refractivity contribution >= 4 is 5.69 Å². The van der Waals surface area contributed by atoms with Crippen molar-refractivity contribution in [1.82, 2.24) is 4.98 Å². The number of benzene rings is 1. The molecule has 0 spiro atoms. The molecule has 3 nitrogen and oxygen atoms in total. The molecule has 2 aromatic rings. The topological polar surface area (TPSA) is 45.1 Å². The van der Waals surface area contributed by atoms with Crippen LogP contribution in [0.5, 0.6) is 5.75 Å². The first-order valence-electron chi connectivity index (χ1n) is 5.60. The van der Waals surface area contributed by atoms with Gasteiger partial charge in [0.1, 0.15) is 5.75 Å². The lowest BCUT2D eigenvalue weighted by molar-refractivity contribution is 0.469. The van der Waals surface area contributed by atoms with Crippen LogP contribution in [0.1, 0.15) is 16.8 Å². The molecule has 2 rings (SSSR count). The van der Waals surface area contributed by atoms with Gasteiger partial charge in [0.2, 0.25) is 0 Å². The highest BCUT2D eigenvalue weighted by Gasteiger charge is 2.01. The first-order chi connectivity index (χ1) is 8.15. The van der Waals surface area contributed by atoms with Crippen molar-refractivity contribution in [3.63, 3.8) is 0 Å². The molecule has 1 heterocycles. The van der Waals surface area contributed by atoms with E-state index in [4.69, 9.17) is 0 Å². The predicted molar refractivity (Wildman–Crippen MR) is 69.1 cm³/mol. The number of hydrogen-bond donors (Lipinski definition) is 2. The average Bonchev–Trinajstić information content (AvgIpc) is 2.32. The van der Waals surface area contributed by atoms with Gasteiger partial charge in [0, 0.05) is 17.8 Å². The first-order valence-corrected chi connectivity index (χ1v) is 5.60. The normalized spacial score (nSPS) is 10.2. The van der Waals surface area contributed by atoms with E-state index in [0.717, 1.165) is 22.5 Å². The maximum atomic E-state index is 9.70. The van der Waals surface area contributed by atoms with Crippen molar-refractivity contribution in [1.29, 1.82) is 0 Å². The van der Waals surface area contributed by atoms with Gasteiger partial charge < -0.3 is 10.4 Å². The number of nitrogens with zero attached hydrogens (tertiary/aromatic N) is 1. The van der Waals surface area contributed by atoms with Crippen molar-refractivity contribution in [2.75, 3.05) is 5.32 Å². The largest absolute Gasteiger partial charge is 0.508 e. The van der Waals surface area contributed by atoms with Crippen LogP contribution >= 0.6 is 0 Å². The van der Waals surface area contributed by atoms with Crippen LogP contribution in [0.25, 0.3) is 0 Å². The highest BCUT2D eigenvalue weighted by molar-refractivity contribution is 5.44. The van der Waals surface area contributed by atoms with E-state index in [-0.39, 0.29) is 0 Å². The molecule has 17 heavy (non-hydrogen) atoms. The van der Waals surface area contributed by atoms with E-state index in [1.165, 1.54) is 0 Å². The summed E-state index contributed by atoms with van der Waals surface area (Å²) in [5.41, 5.74) is 3.98. The van der Waals surface area contributed by atoms with Gasteiger partial charge in [-0.2, -0.15) is 0 Å². The zero-order valence-electron chi connectivity index (χ0n) is 10.1. The number of hydrogen-bond acceptors (Lipinski definition) is 3. The number of aromatic hydroxyl groups is 1. The zero-order valence-corrected chi connectivity index (χ0v) is 10.1. The Kier molecular flexibility index (Phi) is 3.28. The molecule has 0 fully saturated rings. The standard InChI is InChI=1S/C14H16N2O/c1-10-3-6-14(17)12(7-10)8-16-13-5-4-11(2)15-9-13/h3-7,9,16-17H,8H2,1-2H3. The van der Waals surface area contributed by atoms with Gasteiger partial charge in [0.25, 0.3) is 0 Å². The van der Waals surface area contributed by atoms with Gasteiger partial charge in [0.15, 0.2) is 0 Å². The molecule has 0 saturated heterocycles. The molecule has 0 aliphatic carbocycles. The zero-order chi connectivity index (χ0) is 12.3. The summed E-state index contributed by atoms with van der Waals surface area (Å²) in [6.07, 6.45) is 1.79. The summed E-state index contributed by atoms with van der Waals surface area (Å²) in [6.45, 7) is 4.56. The second kappa shape index (κ2) is 4.87. The third-order valence-corrected chi connectivity index (χ3v) is 2.63. The Morgan fingerprint density at radius 2 is 2.00 bits per heavy atom. The van der Waals surface area contributed by atoms with Crippen molar-refractivity contribution in [2.24, 2.45) is 0 Å². The summed E-state index contributed by atoms with van der Waals surface area (Å²) in [7, 11) is 0. The van der Waals surface area contributed by atoms with Crippen LogP contribution < -0.4 is 5.32 Å². The summed E-state index contributed by atoms with van der Waals surface area (Å²) in [4.78, 5) is 4.21. The highest BCUT2D eigenvalue weighted by atomic mass is 16.3. The summed E-state index contributed by atoms with van der Waals surface area (Å²) >= 11 is 0. The second-order valence-corrected chi connectivity index (χ2v) is 4.17. The van der Waals surface area contributed by atoms with Crippen molar-refractivity contribution in [3.8, 4) is 5.75 Å². The molecule has 0 aliphatic heterocycles. The Hall–Kier alpha value is -2.03. The molecule has 0 atom stereocenters. The van der Waals surface area contributed by atoms with Crippen molar-refractivity contribution in [3.05, 3.63) is 53.3 Å². The van der Waals surface area contributed by atoms with E-state index in [1.54, 1.807) is 12.3 Å². The lowest BCUT2D eigenvalue weighted by atomic mass is 10.1. The molecule has 1 aromatic carbocycles. The van der Waals surface area contributed by atoms with Gasteiger partial charge >= 0.3 is 0 Å². The molecule has 0 unspecified atom stereocenters. The minimum Gasteiger partial charge on any atom is -0.508 e. The fourth-order valence-electron chi connectivity index (χ4n) is 1.63. The molecule has 0 amide bonds. The third-order valence-electron chi connectivity index (χ3n) is 2.63. The van der Waals surface area contributed by atoms with Crippen LogP contribution in [0.3, 0.4) is 0 Å². The van der Waals surface area contributed by atoms with Crippen molar-refractivity contribution < 1.29 is 5.11 Å². The summed E-state index contributed by atoms with van der Waals surface area (Å²) in [6, 6.07) is 9.53. The number of phenolic OH excluding ortho intramolecular Hbond substituents is 1. The monoisotopic (exact) mass is 228 g/mol. The number of nitrogens with one attached hydrogen (secondary N) is 1. The molecule has 2 N–H and O–H groups in total. The van der Waals surface area contributed by atoms with Crippen LogP contribution in [0.15, 0.2) is 36.5 Å². The fraction of sp³-hybridized carbons (Fsp3) is 0.214. The molecule has 88 valence electrons. The van der Waals surface area contributed by atoms with Crippen molar-refractivity contribution in [2.45, 2.75) is 20.4 Å². The molecule has 1 aromatic heterocycles. The quantitative estimate of drug-likeness (QED) is 0.848. The summed E-state index contributed by atoms with van der Waals surface area (Å²) in [5.74, 6) is 0.322. The van der Waals surface area contributed by atoms with E-state index < -0.39 is 0 Å². The Bertz CT molecular complexity index is 506. The third kappa shape index (κ3) is 2.97. The number of phenols is 1. The number of pyridine rings is 1. The van der Waals surface area contributed by atoms with Gasteiger partial charge in [-0.05, 0) is 32.0 Å². The molecule has 0 aliphatic rings. The molecule has 0 radical (unpaired) electrons. The maximum absolute atomic E-state index is 9.70. The number of rotatable bonds is 3. The van der Waals surface area contributed by atoms with E-state index in [9.17, 15) is 5.11 Å². The number of aryl methyl sites for hydroxylation is 2. The lowest BCUT2D eigenvalue weighted by Crippen LogP contribution is -2.00. The van der Waals surface area contributed by atoms with E-state index in [2.05, 4.69) is 10.3 Å². The minimum absolute atomic E-state index is 0.322. The average molecular weight is 228 g/mol. The van der Waals surface area contributed by atoms with Crippen LogP contribution in [-0.2, 0) is 6.54 Å². The fourth-order valence-corrected chi connectivity index (χ4v) is 1.63. The highest BCUT2D eigenvalue weighted by Crippen LogP contribution is 2.19. The first kappa shape index (κ1) is 11.5. The molecular weight excluding hydrogens is 212 g/mol. The smallest absolute Gasteiger partial charge is 0.120 e. The number of aromatic nitrogens is 1. The van der Waals surface area contributed by atoms with Gasteiger partial charge in [0.05, 0.1) is 11.9 Å². The van der Waals surface area contributed by atoms with E-state index >= 15 is 0 Å². The summed E-state index contributed by atoms with van der Waals surface area (Å²) in [5, 5.41) is 12.9. The Balaban J connectivity index is 2.07. The Morgan fingerprint density at radius 3 is 2.71 bits per heavy atom. The second-order valence-electron chi connectivity index (χ2n) is 4.17. The van der Waals surface area contributed by atoms with Gasteiger partial charge in [-0.1, -0.05) is 17.7 Å². The predicted octanol–water partition coefficient (Wildman–Crippen LogP) is 3.02. The summed E-state index contributed by atoms with van der Waals surface area (Å²) < 4.78 is 0. The Morgan fingerprint density at radius 1 is 1.18 bits per heavy atom. The Labute approximate surface area is 101 Å². The molecular formula is C14H16N2O. The molecule has 3 heteroatoms. The van der Waals surface area contributed by atoms with Crippen LogP contribution in [-0.4, -0.2) is 10.1 Å². The van der Waals surface area contributed by atoms with Gasteiger partial charge in [-0.25, -0.2) is 0 Å². The van der Waals surface area contributed by atoms with E-state index in [0.29, 0.717) is 12.3 Å². The van der Waals surface area contributed by atoms with Gasteiger partial charge in [-0.3, -0.25) is 4.98 Å². The van der Waals surface area contributed by atoms with Crippen LogP contribution in [0.4, 0.5) is 5.69 Å². The minimum atomic E-state index is 0.322. The van der Waals surface area contributed by atoms with E-state index in [1.807, 2.05) is 38.1 Å². The van der Waals surface area contributed by atoms with Gasteiger partial charge in [-0.15, -0.1) is 0 Å². The van der Waals surface area contributed by atoms with Crippen LogP contribution in [0.2, 0.25) is 0 Å². The SMILES string of the molecule is Cc1ccc(O)c(CNc2ccc(C)nc2)c1. The number of anilines is 1. The lowest BCUT2D eigenvalue weighted by Gasteiger charge is -2.08. The maximum Gasteiger partial charge on any atom is 0.120 e. The van der Waals surface area contributed by atoms with Crippen LogP contribution in [0, 0.1) is 13.8 Å². The molecule has 0 bridgehead atoms.